The first-order valence-corrected chi connectivity index (χ1v) is 5.18. The Hall–Kier alpha value is -0.650. The maximum atomic E-state index is 10.6. The van der Waals surface area contributed by atoms with E-state index in [1.54, 1.807) is 12.1 Å². The summed E-state index contributed by atoms with van der Waals surface area (Å²) in [7, 11) is -3.55. The van der Waals surface area contributed by atoms with E-state index in [2.05, 4.69) is 4.98 Å². The van der Waals surface area contributed by atoms with Crippen LogP contribution in [0, 0.1) is 0 Å². The standard InChI is InChI=1S/C6H7ClN2O2S/c7-5-2-1-3-9-6(5)4-12(8,10)11/h1-3H,4H2,(H2,8,10,11). The normalized spacial score (nSPS) is 11.5. The van der Waals surface area contributed by atoms with Crippen molar-refractivity contribution in [3.8, 4) is 0 Å². The lowest BCUT2D eigenvalue weighted by Crippen LogP contribution is -2.15. The minimum Gasteiger partial charge on any atom is -0.259 e. The molecule has 0 spiro atoms. The van der Waals surface area contributed by atoms with Gasteiger partial charge in [-0.15, -0.1) is 0 Å². The van der Waals surface area contributed by atoms with Crippen molar-refractivity contribution in [2.45, 2.75) is 5.75 Å². The zero-order chi connectivity index (χ0) is 9.19. The van der Waals surface area contributed by atoms with Crippen molar-refractivity contribution in [3.05, 3.63) is 29.0 Å². The van der Waals surface area contributed by atoms with Crippen LogP contribution in [-0.4, -0.2) is 13.4 Å². The molecule has 0 amide bonds. The Morgan fingerprint density at radius 1 is 1.58 bits per heavy atom. The molecule has 0 saturated carbocycles. The number of nitrogens with two attached hydrogens (primary N) is 1. The fourth-order valence-corrected chi connectivity index (χ4v) is 1.59. The molecule has 1 heterocycles. The predicted molar refractivity (Wildman–Crippen MR) is 46.1 cm³/mol. The third-order valence-corrected chi connectivity index (χ3v) is 2.19. The molecular weight excluding hydrogens is 200 g/mol. The Balaban J connectivity index is 2.98. The summed E-state index contributed by atoms with van der Waals surface area (Å²) >= 11 is 5.65. The summed E-state index contributed by atoms with van der Waals surface area (Å²) in [4.78, 5) is 3.77. The highest BCUT2D eigenvalue weighted by Gasteiger charge is 2.08. The fraction of sp³-hybridized carbons (Fsp3) is 0.167. The van der Waals surface area contributed by atoms with Crippen LogP contribution in [0.3, 0.4) is 0 Å². The van der Waals surface area contributed by atoms with E-state index in [0.29, 0.717) is 5.02 Å². The smallest absolute Gasteiger partial charge is 0.214 e. The van der Waals surface area contributed by atoms with Crippen molar-refractivity contribution in [1.29, 1.82) is 0 Å². The summed E-state index contributed by atoms with van der Waals surface area (Å²) in [6.45, 7) is 0. The van der Waals surface area contributed by atoms with Gasteiger partial charge in [0.05, 0.1) is 10.7 Å². The van der Waals surface area contributed by atoms with Gasteiger partial charge in [0.15, 0.2) is 0 Å². The number of sulfonamides is 1. The monoisotopic (exact) mass is 206 g/mol. The lowest BCUT2D eigenvalue weighted by atomic mass is 10.4. The minimum atomic E-state index is -3.55. The molecule has 0 aliphatic heterocycles. The molecule has 0 aliphatic carbocycles. The SMILES string of the molecule is NS(=O)(=O)Cc1ncccc1Cl. The molecule has 12 heavy (non-hydrogen) atoms. The second-order valence-corrected chi connectivity index (χ2v) is 4.26. The van der Waals surface area contributed by atoms with E-state index in [9.17, 15) is 8.42 Å². The first kappa shape index (κ1) is 9.44. The van der Waals surface area contributed by atoms with Crippen molar-refractivity contribution in [3.63, 3.8) is 0 Å². The highest BCUT2D eigenvalue weighted by atomic mass is 35.5. The first-order chi connectivity index (χ1) is 5.49. The average Bonchev–Trinajstić information content (AvgIpc) is 1.91. The van der Waals surface area contributed by atoms with Crippen molar-refractivity contribution < 1.29 is 8.42 Å². The molecule has 0 aromatic carbocycles. The van der Waals surface area contributed by atoms with E-state index < -0.39 is 10.0 Å². The Kier molecular flexibility index (Phi) is 2.66. The van der Waals surface area contributed by atoms with Gasteiger partial charge in [-0.1, -0.05) is 11.6 Å². The van der Waals surface area contributed by atoms with E-state index in [1.165, 1.54) is 6.20 Å². The quantitative estimate of drug-likeness (QED) is 0.767. The van der Waals surface area contributed by atoms with Crippen LogP contribution >= 0.6 is 11.6 Å². The average molecular weight is 207 g/mol. The van der Waals surface area contributed by atoms with Gasteiger partial charge in [-0.25, -0.2) is 13.6 Å². The third kappa shape index (κ3) is 2.77. The van der Waals surface area contributed by atoms with Gasteiger partial charge in [0.1, 0.15) is 5.75 Å². The molecule has 1 aromatic heterocycles. The second-order valence-electron chi connectivity index (χ2n) is 2.24. The lowest BCUT2D eigenvalue weighted by molar-refractivity contribution is 0.596. The van der Waals surface area contributed by atoms with Gasteiger partial charge < -0.3 is 0 Å². The summed E-state index contributed by atoms with van der Waals surface area (Å²) in [5.74, 6) is -0.327. The van der Waals surface area contributed by atoms with E-state index in [1.807, 2.05) is 0 Å². The maximum absolute atomic E-state index is 10.6. The molecular formula is C6H7ClN2O2S. The van der Waals surface area contributed by atoms with E-state index in [-0.39, 0.29) is 11.4 Å². The van der Waals surface area contributed by atoms with Gasteiger partial charge in [-0.05, 0) is 12.1 Å². The molecule has 0 radical (unpaired) electrons. The van der Waals surface area contributed by atoms with Crippen LogP contribution < -0.4 is 5.14 Å². The molecule has 0 atom stereocenters. The number of hydrogen-bond donors (Lipinski definition) is 1. The minimum absolute atomic E-state index is 0.279. The van der Waals surface area contributed by atoms with E-state index >= 15 is 0 Å². The zero-order valence-electron chi connectivity index (χ0n) is 6.07. The van der Waals surface area contributed by atoms with Crippen molar-refractivity contribution in [2.24, 2.45) is 5.14 Å². The van der Waals surface area contributed by atoms with Crippen LogP contribution in [0.25, 0.3) is 0 Å². The highest BCUT2D eigenvalue weighted by Crippen LogP contribution is 2.13. The molecule has 0 aliphatic rings. The van der Waals surface area contributed by atoms with E-state index in [4.69, 9.17) is 16.7 Å². The van der Waals surface area contributed by atoms with E-state index in [0.717, 1.165) is 0 Å². The van der Waals surface area contributed by atoms with Crippen molar-refractivity contribution in [2.75, 3.05) is 0 Å². The number of aromatic nitrogens is 1. The van der Waals surface area contributed by atoms with Crippen molar-refractivity contribution >= 4 is 21.6 Å². The number of rotatable bonds is 2. The third-order valence-electron chi connectivity index (χ3n) is 1.17. The number of pyridine rings is 1. The van der Waals surface area contributed by atoms with Crippen LogP contribution in [0.1, 0.15) is 5.69 Å². The van der Waals surface area contributed by atoms with Crippen LogP contribution in [0.2, 0.25) is 5.02 Å². The van der Waals surface area contributed by atoms with Gasteiger partial charge in [-0.3, -0.25) is 4.98 Å². The highest BCUT2D eigenvalue weighted by molar-refractivity contribution is 7.88. The van der Waals surface area contributed by atoms with Gasteiger partial charge in [0, 0.05) is 6.20 Å². The number of nitrogens with zero attached hydrogens (tertiary/aromatic N) is 1. The summed E-state index contributed by atoms with van der Waals surface area (Å²) in [5.41, 5.74) is 0.279. The van der Waals surface area contributed by atoms with Crippen LogP contribution in [0.4, 0.5) is 0 Å². The Labute approximate surface area is 75.4 Å². The number of hydrogen-bond acceptors (Lipinski definition) is 3. The first-order valence-electron chi connectivity index (χ1n) is 3.09. The molecule has 66 valence electrons. The largest absolute Gasteiger partial charge is 0.259 e. The molecule has 6 heteroatoms. The molecule has 4 nitrogen and oxygen atoms in total. The Bertz CT molecular complexity index is 377. The van der Waals surface area contributed by atoms with Crippen LogP contribution in [-0.2, 0) is 15.8 Å². The van der Waals surface area contributed by atoms with Gasteiger partial charge in [0.25, 0.3) is 0 Å². The Morgan fingerprint density at radius 3 is 2.75 bits per heavy atom. The summed E-state index contributed by atoms with van der Waals surface area (Å²) in [6.07, 6.45) is 1.46. The molecule has 1 rings (SSSR count). The maximum Gasteiger partial charge on any atom is 0.214 e. The van der Waals surface area contributed by atoms with Crippen LogP contribution in [0.5, 0.6) is 0 Å². The fourth-order valence-electron chi connectivity index (χ4n) is 0.715. The number of primary sulfonamides is 1. The summed E-state index contributed by atoms with van der Waals surface area (Å²) in [5, 5.41) is 5.12. The van der Waals surface area contributed by atoms with Gasteiger partial charge >= 0.3 is 0 Å². The van der Waals surface area contributed by atoms with Gasteiger partial charge in [-0.2, -0.15) is 0 Å². The lowest BCUT2D eigenvalue weighted by Gasteiger charge is -1.99. The van der Waals surface area contributed by atoms with Crippen LogP contribution in [0.15, 0.2) is 18.3 Å². The molecule has 0 bridgehead atoms. The second kappa shape index (κ2) is 3.38. The topological polar surface area (TPSA) is 73.1 Å². The summed E-state index contributed by atoms with van der Waals surface area (Å²) in [6, 6.07) is 3.18. The molecule has 0 fully saturated rings. The molecule has 2 N–H and O–H groups in total. The molecule has 0 unspecified atom stereocenters. The van der Waals surface area contributed by atoms with Crippen molar-refractivity contribution in [1.82, 2.24) is 4.98 Å². The number of halogens is 1. The van der Waals surface area contributed by atoms with Gasteiger partial charge in [0.2, 0.25) is 10.0 Å². The zero-order valence-corrected chi connectivity index (χ0v) is 7.64. The molecule has 0 saturated heterocycles. The Morgan fingerprint density at radius 2 is 2.25 bits per heavy atom. The summed E-state index contributed by atoms with van der Waals surface area (Å²) < 4.78 is 21.3. The molecule has 1 aromatic rings. The predicted octanol–water partition coefficient (Wildman–Crippen LogP) is 0.523.